The average Bonchev–Trinajstić information content (AvgIpc) is 3.60. The number of hydrogen-bond donors (Lipinski definition) is 4. The van der Waals surface area contributed by atoms with Gasteiger partial charge in [-0.15, -0.1) is 11.3 Å². The summed E-state index contributed by atoms with van der Waals surface area (Å²) in [6.07, 6.45) is 2.35. The van der Waals surface area contributed by atoms with Crippen LogP contribution in [0.15, 0.2) is 48.5 Å². The van der Waals surface area contributed by atoms with Crippen LogP contribution in [0, 0.1) is 36.0 Å². The Kier molecular flexibility index (Phi) is 7.62. The molecule has 2 saturated carbocycles. The molecular formula is C37H40N6O5S. The largest absolute Gasteiger partial charge is 0.356 e. The average molecular weight is 681 g/mol. The number of carbonyl (C=O) groups excluding carboxylic acids is 5. The summed E-state index contributed by atoms with van der Waals surface area (Å²) in [5, 5.41) is 10.1. The lowest BCUT2D eigenvalue weighted by Crippen LogP contribution is -2.58. The minimum absolute atomic E-state index is 0.00884. The Balaban J connectivity index is 1.05. The molecule has 4 fully saturated rings. The predicted octanol–water partition coefficient (Wildman–Crippen LogP) is 3.97. The fourth-order valence-corrected chi connectivity index (χ4v) is 9.18. The number of nitrogens with one attached hydrogen (secondary N) is 4. The van der Waals surface area contributed by atoms with Crippen LogP contribution >= 0.6 is 11.3 Å². The van der Waals surface area contributed by atoms with Crippen molar-refractivity contribution in [2.45, 2.75) is 64.6 Å². The third kappa shape index (κ3) is 5.59. The number of H-pyrrole nitrogens is 1. The summed E-state index contributed by atoms with van der Waals surface area (Å²) >= 11 is 1.27. The van der Waals surface area contributed by atoms with E-state index < -0.39 is 30.0 Å². The van der Waals surface area contributed by atoms with Crippen LogP contribution in [0.1, 0.15) is 65.4 Å². The zero-order chi connectivity index (χ0) is 34.2. The van der Waals surface area contributed by atoms with Crippen molar-refractivity contribution in [2.24, 2.45) is 29.1 Å². The molecule has 0 radical (unpaired) electrons. The highest BCUT2D eigenvalue weighted by atomic mass is 32.1. The number of ketones is 1. The molecule has 49 heavy (non-hydrogen) atoms. The smallest absolute Gasteiger partial charge is 0.268 e. The Labute approximate surface area is 287 Å². The number of piperidine rings is 1. The van der Waals surface area contributed by atoms with Gasteiger partial charge in [0.05, 0.1) is 16.3 Å². The monoisotopic (exact) mass is 680 g/mol. The topological polar surface area (TPSA) is 153 Å². The summed E-state index contributed by atoms with van der Waals surface area (Å²) in [5.41, 5.74) is 2.82. The van der Waals surface area contributed by atoms with Gasteiger partial charge in [-0.25, -0.2) is 4.98 Å². The number of amides is 4. The summed E-state index contributed by atoms with van der Waals surface area (Å²) in [5.74, 6) is -1.90. The second-order valence-electron chi connectivity index (χ2n) is 14.8. The maximum absolute atomic E-state index is 14.4. The van der Waals surface area contributed by atoms with Crippen LogP contribution in [0.4, 0.5) is 0 Å². The number of hydrogen-bond acceptors (Lipinski definition) is 7. The quantitative estimate of drug-likeness (QED) is 0.186. The number of nitrogens with zero attached hydrogens (tertiary/aromatic N) is 2. The molecule has 2 aliphatic heterocycles. The number of para-hydroxylation sites is 1. The normalized spacial score (nSPS) is 25.1. The molecule has 2 aliphatic carbocycles. The molecule has 0 spiro atoms. The molecule has 4 amide bonds. The van der Waals surface area contributed by atoms with Crippen molar-refractivity contribution >= 4 is 61.9 Å². The fraction of sp³-hybridized carbons (Fsp3) is 0.459. The number of rotatable bonds is 10. The molecule has 4 aromatic rings. The number of carbonyl (C=O) groups is 5. The molecular weight excluding hydrogens is 641 g/mol. The van der Waals surface area contributed by atoms with Crippen LogP contribution < -0.4 is 16.0 Å². The summed E-state index contributed by atoms with van der Waals surface area (Å²) < 4.78 is 0.861. The van der Waals surface area contributed by atoms with Crippen LogP contribution in [0.2, 0.25) is 0 Å². The van der Waals surface area contributed by atoms with E-state index in [1.807, 2.05) is 55.5 Å². The van der Waals surface area contributed by atoms with Gasteiger partial charge >= 0.3 is 0 Å². The van der Waals surface area contributed by atoms with Gasteiger partial charge in [-0.3, -0.25) is 24.0 Å². The van der Waals surface area contributed by atoms with Gasteiger partial charge in [-0.1, -0.05) is 38.1 Å². The minimum atomic E-state index is -0.982. The third-order valence-electron chi connectivity index (χ3n) is 11.4. The maximum atomic E-state index is 14.4. The second kappa shape index (κ2) is 11.8. The molecule has 11 nitrogen and oxygen atoms in total. The van der Waals surface area contributed by atoms with Gasteiger partial charge in [0.15, 0.2) is 5.01 Å². The van der Waals surface area contributed by atoms with Crippen LogP contribution in [0.5, 0.6) is 0 Å². The van der Waals surface area contributed by atoms with Crippen LogP contribution in [0.3, 0.4) is 0 Å². The Hall–Kier alpha value is -4.58. The third-order valence-corrected chi connectivity index (χ3v) is 12.4. The molecule has 4 N–H and O–H groups in total. The van der Waals surface area contributed by atoms with Gasteiger partial charge in [-0.05, 0) is 85.6 Å². The lowest BCUT2D eigenvalue weighted by molar-refractivity contribution is -0.142. The lowest BCUT2D eigenvalue weighted by Gasteiger charge is -2.34. The molecule has 8 rings (SSSR count). The van der Waals surface area contributed by atoms with Crippen molar-refractivity contribution in [3.63, 3.8) is 0 Å². The molecule has 2 aromatic heterocycles. The second-order valence-corrected chi connectivity index (χ2v) is 15.9. The molecule has 12 heteroatoms. The zero-order valence-corrected chi connectivity index (χ0v) is 28.6. The molecule has 2 aromatic carbocycles. The first kappa shape index (κ1) is 31.7. The summed E-state index contributed by atoms with van der Waals surface area (Å²) in [7, 11) is 0. The highest BCUT2D eigenvalue weighted by Crippen LogP contribution is 2.65. The number of likely N-dealkylation sites (tertiary alicyclic amines) is 1. The van der Waals surface area contributed by atoms with Gasteiger partial charge in [-0.2, -0.15) is 0 Å². The van der Waals surface area contributed by atoms with E-state index in [-0.39, 0.29) is 58.1 Å². The number of aromatic amines is 1. The van der Waals surface area contributed by atoms with Crippen molar-refractivity contribution in [1.82, 2.24) is 30.8 Å². The van der Waals surface area contributed by atoms with Crippen molar-refractivity contribution in [1.29, 1.82) is 0 Å². The number of thiazole rings is 1. The van der Waals surface area contributed by atoms with E-state index in [1.165, 1.54) is 11.3 Å². The molecule has 0 unspecified atom stereocenters. The van der Waals surface area contributed by atoms with Crippen LogP contribution in [-0.2, 0) is 14.4 Å². The highest BCUT2D eigenvalue weighted by molar-refractivity contribution is 7.20. The first-order chi connectivity index (χ1) is 23.5. The van der Waals surface area contributed by atoms with Crippen LogP contribution in [0.25, 0.3) is 21.1 Å². The summed E-state index contributed by atoms with van der Waals surface area (Å²) in [6, 6.07) is 12.6. The number of benzene rings is 2. The van der Waals surface area contributed by atoms with Gasteiger partial charge in [0.1, 0.15) is 17.8 Å². The summed E-state index contributed by atoms with van der Waals surface area (Å²) in [6.45, 7) is 7.12. The first-order valence-electron chi connectivity index (χ1n) is 17.2. The van der Waals surface area contributed by atoms with Crippen molar-refractivity contribution in [3.8, 4) is 0 Å². The SMILES string of the molecule is Cc1cccc2[nH]c(C(=O)N[C@H](C(=O)N3C[C@H]4[C@@H]([C@H]3C(=O)N[C@@H](C[C@@H]3CCNC3=O)C(=O)c3nc5ccccc5s3)C4(C)C)C3CC3)cc12. The van der Waals surface area contributed by atoms with E-state index in [2.05, 4.69) is 39.8 Å². The first-order valence-corrected chi connectivity index (χ1v) is 18.0. The Bertz CT molecular complexity index is 2000. The molecule has 4 heterocycles. The lowest BCUT2D eigenvalue weighted by atomic mass is 9.94. The highest BCUT2D eigenvalue weighted by Gasteiger charge is 2.70. The van der Waals surface area contributed by atoms with Gasteiger partial charge in [0.25, 0.3) is 5.91 Å². The molecule has 6 atom stereocenters. The van der Waals surface area contributed by atoms with Crippen LogP contribution in [-0.4, -0.2) is 75.5 Å². The van der Waals surface area contributed by atoms with Crippen molar-refractivity contribution < 1.29 is 24.0 Å². The number of fused-ring (bicyclic) bond motifs is 3. The van der Waals surface area contributed by atoms with E-state index in [9.17, 15) is 24.0 Å². The fourth-order valence-electron chi connectivity index (χ4n) is 8.22. The van der Waals surface area contributed by atoms with E-state index in [1.54, 1.807) is 4.90 Å². The Morgan fingerprint density at radius 2 is 1.86 bits per heavy atom. The molecule has 0 bridgehead atoms. The molecule has 2 saturated heterocycles. The van der Waals surface area contributed by atoms with E-state index in [0.29, 0.717) is 30.7 Å². The van der Waals surface area contributed by atoms with Crippen molar-refractivity contribution in [3.05, 3.63) is 64.8 Å². The molecule has 4 aliphatic rings. The number of aryl methyl sites for hydroxylation is 1. The predicted molar refractivity (Wildman–Crippen MR) is 185 cm³/mol. The van der Waals surface area contributed by atoms with Gasteiger partial charge < -0.3 is 25.8 Å². The van der Waals surface area contributed by atoms with E-state index >= 15 is 0 Å². The minimum Gasteiger partial charge on any atom is -0.356 e. The van der Waals surface area contributed by atoms with E-state index in [0.717, 1.165) is 34.0 Å². The summed E-state index contributed by atoms with van der Waals surface area (Å²) in [4.78, 5) is 78.2. The number of aromatic nitrogens is 2. The maximum Gasteiger partial charge on any atom is 0.268 e. The Morgan fingerprint density at radius 3 is 2.57 bits per heavy atom. The number of Topliss-reactive ketones (excluding diaryl/α,β-unsaturated/α-hetero) is 1. The molecule has 254 valence electrons. The van der Waals surface area contributed by atoms with E-state index in [4.69, 9.17) is 0 Å². The Morgan fingerprint density at radius 1 is 1.06 bits per heavy atom. The zero-order valence-electron chi connectivity index (χ0n) is 27.7. The van der Waals surface area contributed by atoms with Gasteiger partial charge in [0.2, 0.25) is 23.5 Å². The van der Waals surface area contributed by atoms with Crippen molar-refractivity contribution in [2.75, 3.05) is 13.1 Å². The van der Waals surface area contributed by atoms with Gasteiger partial charge in [0, 0.05) is 29.9 Å². The standard InChI is InChI=1S/C37H40N6O5S/c1-18-7-6-9-23-21(18)16-26(39-23)33(46)42-29(19-11-12-19)36(48)43-17-22-28(37(22,2)3)30(43)34(47)40-25(15-20-13-14-38-32(20)45)31(44)35-41-24-8-4-5-10-27(24)49-35/h4-10,16,19-20,22,25,28-30,39H,11-15,17H2,1-3H3,(H,38,45)(H,40,47)(H,42,46)/t20-,22-,25-,28-,29-,30-/m0/s1.